The summed E-state index contributed by atoms with van der Waals surface area (Å²) < 4.78 is 1.45. The highest BCUT2D eigenvalue weighted by molar-refractivity contribution is 5.88. The first kappa shape index (κ1) is 15.6. The number of para-hydroxylation sites is 1. The Bertz CT molecular complexity index is 986. The second-order valence-electron chi connectivity index (χ2n) is 6.42. The monoisotopic (exact) mass is 336 g/mol. The molecule has 2 aromatic heterocycles. The van der Waals surface area contributed by atoms with E-state index in [9.17, 15) is 9.59 Å². The van der Waals surface area contributed by atoms with Crippen molar-refractivity contribution in [3.63, 3.8) is 0 Å². The molecular weight excluding hydrogens is 316 g/mol. The Balaban J connectivity index is 1.36. The van der Waals surface area contributed by atoms with Crippen molar-refractivity contribution in [1.82, 2.24) is 20.1 Å². The Labute approximate surface area is 144 Å². The summed E-state index contributed by atoms with van der Waals surface area (Å²) in [7, 11) is 0. The molecule has 3 aromatic rings. The molecule has 1 aliphatic carbocycles. The van der Waals surface area contributed by atoms with Gasteiger partial charge < -0.3 is 10.3 Å². The van der Waals surface area contributed by atoms with E-state index < -0.39 is 0 Å². The molecule has 6 nitrogen and oxygen atoms in total. The summed E-state index contributed by atoms with van der Waals surface area (Å²) in [4.78, 5) is 27.4. The van der Waals surface area contributed by atoms with E-state index in [-0.39, 0.29) is 11.5 Å². The van der Waals surface area contributed by atoms with Crippen LogP contribution in [0.5, 0.6) is 0 Å². The van der Waals surface area contributed by atoms with Gasteiger partial charge in [0.15, 0.2) is 0 Å². The first-order valence-corrected chi connectivity index (χ1v) is 8.62. The number of nitrogens with zero attached hydrogens (tertiary/aromatic N) is 2. The number of amides is 1. The fourth-order valence-corrected chi connectivity index (χ4v) is 3.41. The van der Waals surface area contributed by atoms with E-state index in [1.165, 1.54) is 4.68 Å². The van der Waals surface area contributed by atoms with Crippen molar-refractivity contribution in [2.75, 3.05) is 6.54 Å². The van der Waals surface area contributed by atoms with Gasteiger partial charge in [-0.25, -0.2) is 4.68 Å². The van der Waals surface area contributed by atoms with Crippen molar-refractivity contribution in [3.05, 3.63) is 63.7 Å². The summed E-state index contributed by atoms with van der Waals surface area (Å²) in [6.07, 6.45) is 5.13. The quantitative estimate of drug-likeness (QED) is 0.742. The van der Waals surface area contributed by atoms with Gasteiger partial charge in [0.25, 0.3) is 5.56 Å². The minimum Gasteiger partial charge on any atom is -0.361 e. The summed E-state index contributed by atoms with van der Waals surface area (Å²) in [5.74, 6) is -0.0565. The number of benzene rings is 1. The molecule has 0 unspecified atom stereocenters. The van der Waals surface area contributed by atoms with Gasteiger partial charge in [0.2, 0.25) is 5.91 Å². The van der Waals surface area contributed by atoms with Crippen molar-refractivity contribution in [2.45, 2.75) is 32.2 Å². The van der Waals surface area contributed by atoms with Crippen molar-refractivity contribution < 1.29 is 4.79 Å². The molecule has 0 radical (unpaired) electrons. The predicted molar refractivity (Wildman–Crippen MR) is 95.5 cm³/mol. The number of carbonyl (C=O) groups excluding carboxylic acids is 1. The number of rotatable bonds is 5. The largest absolute Gasteiger partial charge is 0.361 e. The second kappa shape index (κ2) is 6.55. The number of hydrogen-bond acceptors (Lipinski definition) is 3. The molecule has 2 heterocycles. The number of aromatic amines is 1. The summed E-state index contributed by atoms with van der Waals surface area (Å²) in [5, 5.41) is 8.35. The average Bonchev–Trinajstić information content (AvgIpc) is 3.22. The molecule has 0 aliphatic heterocycles. The summed E-state index contributed by atoms with van der Waals surface area (Å²) in [6, 6.07) is 9.60. The lowest BCUT2D eigenvalue weighted by atomic mass is 10.1. The number of hydrogen-bond donors (Lipinski definition) is 2. The lowest BCUT2D eigenvalue weighted by Crippen LogP contribution is -2.33. The molecular formula is C19H20N4O2. The van der Waals surface area contributed by atoms with E-state index in [2.05, 4.69) is 15.4 Å². The molecule has 0 spiro atoms. The number of aryl methyl sites for hydroxylation is 2. The van der Waals surface area contributed by atoms with Crippen molar-refractivity contribution in [3.8, 4) is 0 Å². The smallest absolute Gasteiger partial charge is 0.267 e. The van der Waals surface area contributed by atoms with Gasteiger partial charge in [-0.1, -0.05) is 18.2 Å². The van der Waals surface area contributed by atoms with Gasteiger partial charge in [-0.05, 0) is 36.5 Å². The summed E-state index contributed by atoms with van der Waals surface area (Å²) in [6.45, 7) is 0.790. The van der Waals surface area contributed by atoms with Gasteiger partial charge >= 0.3 is 0 Å². The Morgan fingerprint density at radius 2 is 2.16 bits per heavy atom. The lowest BCUT2D eigenvalue weighted by molar-refractivity contribution is -0.120. The van der Waals surface area contributed by atoms with Gasteiger partial charge in [-0.2, -0.15) is 5.10 Å². The van der Waals surface area contributed by atoms with E-state index in [4.69, 9.17) is 0 Å². The third-order valence-corrected chi connectivity index (χ3v) is 4.70. The van der Waals surface area contributed by atoms with Gasteiger partial charge in [0.05, 0.1) is 18.7 Å². The number of carbonyl (C=O) groups is 1. The molecule has 2 N–H and O–H groups in total. The molecule has 25 heavy (non-hydrogen) atoms. The third kappa shape index (κ3) is 3.20. The maximum Gasteiger partial charge on any atom is 0.267 e. The van der Waals surface area contributed by atoms with Crippen LogP contribution in [0.3, 0.4) is 0 Å². The van der Waals surface area contributed by atoms with Crippen LogP contribution >= 0.6 is 0 Å². The zero-order valence-corrected chi connectivity index (χ0v) is 13.9. The molecule has 4 rings (SSSR count). The molecule has 0 saturated carbocycles. The van der Waals surface area contributed by atoms with Crippen LogP contribution in [0.4, 0.5) is 0 Å². The Morgan fingerprint density at radius 3 is 3.08 bits per heavy atom. The van der Waals surface area contributed by atoms with Gasteiger partial charge in [-0.15, -0.1) is 0 Å². The maximum absolute atomic E-state index is 12.2. The fraction of sp³-hybridized carbons (Fsp3) is 0.316. The Morgan fingerprint density at radius 1 is 1.28 bits per heavy atom. The molecule has 0 atom stereocenters. The molecule has 128 valence electrons. The van der Waals surface area contributed by atoms with Crippen LogP contribution in [0.2, 0.25) is 0 Å². The zero-order chi connectivity index (χ0) is 17.2. The minimum absolute atomic E-state index is 0.0565. The van der Waals surface area contributed by atoms with E-state index >= 15 is 0 Å². The van der Waals surface area contributed by atoms with Crippen LogP contribution in [0, 0.1) is 0 Å². The highest BCUT2D eigenvalue weighted by atomic mass is 16.1. The SMILES string of the molecule is O=C(Cc1c[nH]c2ccccc12)NCCn1nc2c(cc1=O)CCC2. The van der Waals surface area contributed by atoms with E-state index in [1.807, 2.05) is 30.5 Å². The molecule has 0 fully saturated rings. The number of nitrogens with one attached hydrogen (secondary N) is 2. The summed E-state index contributed by atoms with van der Waals surface area (Å²) in [5.41, 5.74) is 4.00. The van der Waals surface area contributed by atoms with Crippen LogP contribution in [0.15, 0.2) is 41.3 Å². The lowest BCUT2D eigenvalue weighted by Gasteiger charge is -2.08. The van der Waals surface area contributed by atoms with Crippen LogP contribution in [0.25, 0.3) is 10.9 Å². The highest BCUT2D eigenvalue weighted by Crippen LogP contribution is 2.18. The number of H-pyrrole nitrogens is 1. The highest BCUT2D eigenvalue weighted by Gasteiger charge is 2.14. The Kier molecular flexibility index (Phi) is 4.09. The van der Waals surface area contributed by atoms with Gasteiger partial charge in [0.1, 0.15) is 0 Å². The second-order valence-corrected chi connectivity index (χ2v) is 6.42. The normalized spacial score (nSPS) is 13.1. The first-order valence-electron chi connectivity index (χ1n) is 8.62. The van der Waals surface area contributed by atoms with E-state index in [0.717, 1.165) is 47.0 Å². The molecule has 6 heteroatoms. The van der Waals surface area contributed by atoms with Crippen molar-refractivity contribution >= 4 is 16.8 Å². The molecule has 1 aliphatic rings. The molecule has 1 amide bonds. The summed E-state index contributed by atoms with van der Waals surface area (Å²) >= 11 is 0. The van der Waals surface area contributed by atoms with E-state index in [1.54, 1.807) is 6.07 Å². The van der Waals surface area contributed by atoms with Crippen LogP contribution < -0.4 is 10.9 Å². The standard InChI is InChI=1S/C19H20N4O2/c24-18(10-14-12-21-17-6-2-1-5-15(14)17)20-8-9-23-19(25)11-13-4-3-7-16(13)22-23/h1-2,5-6,11-12,21H,3-4,7-10H2,(H,20,24). The number of aromatic nitrogens is 3. The zero-order valence-electron chi connectivity index (χ0n) is 13.9. The van der Waals surface area contributed by atoms with E-state index in [0.29, 0.717) is 19.5 Å². The van der Waals surface area contributed by atoms with Crippen molar-refractivity contribution in [2.24, 2.45) is 0 Å². The predicted octanol–water partition coefficient (Wildman–Crippen LogP) is 1.57. The Hall–Kier alpha value is -2.89. The maximum atomic E-state index is 12.2. The van der Waals surface area contributed by atoms with Crippen LogP contribution in [0.1, 0.15) is 23.2 Å². The number of fused-ring (bicyclic) bond motifs is 2. The van der Waals surface area contributed by atoms with Crippen molar-refractivity contribution in [1.29, 1.82) is 0 Å². The van der Waals surface area contributed by atoms with Crippen LogP contribution in [-0.2, 0) is 30.6 Å². The molecule has 1 aromatic carbocycles. The molecule has 0 saturated heterocycles. The van der Waals surface area contributed by atoms with Crippen LogP contribution in [-0.4, -0.2) is 27.2 Å². The molecule has 0 bridgehead atoms. The first-order chi connectivity index (χ1) is 12.2. The fourth-order valence-electron chi connectivity index (χ4n) is 3.41. The third-order valence-electron chi connectivity index (χ3n) is 4.70. The average molecular weight is 336 g/mol. The van der Waals surface area contributed by atoms with Gasteiger partial charge in [0, 0.05) is 29.7 Å². The van der Waals surface area contributed by atoms with Gasteiger partial charge in [-0.3, -0.25) is 9.59 Å². The topological polar surface area (TPSA) is 79.8 Å². The minimum atomic E-state index is -0.0912.